The molecule has 1 heterocycles. The van der Waals surface area contributed by atoms with Gasteiger partial charge < -0.3 is 14.4 Å². The van der Waals surface area contributed by atoms with Crippen LogP contribution in [0.15, 0.2) is 0 Å². The predicted octanol–water partition coefficient (Wildman–Crippen LogP) is 2.73. The van der Waals surface area contributed by atoms with E-state index in [9.17, 15) is 9.59 Å². The zero-order chi connectivity index (χ0) is 14.7. The fourth-order valence-electron chi connectivity index (χ4n) is 1.93. The summed E-state index contributed by atoms with van der Waals surface area (Å²) in [6, 6.07) is 0. The van der Waals surface area contributed by atoms with Crippen molar-refractivity contribution in [3.8, 4) is 0 Å². The molecule has 0 bridgehead atoms. The molecule has 0 N–H and O–H groups in total. The van der Waals surface area contributed by atoms with Gasteiger partial charge in [0.25, 0.3) is 0 Å². The van der Waals surface area contributed by atoms with E-state index in [4.69, 9.17) is 9.47 Å². The Hall–Kier alpha value is -1.26. The lowest BCUT2D eigenvalue weighted by atomic mass is 9.97. The van der Waals surface area contributed by atoms with Gasteiger partial charge in [-0.3, -0.25) is 4.79 Å². The van der Waals surface area contributed by atoms with Gasteiger partial charge in [0.1, 0.15) is 11.2 Å². The first kappa shape index (κ1) is 15.8. The maximum Gasteiger partial charge on any atom is 0.410 e. The SMILES string of the molecule is CCCCC(=O)OC1(C)CN(C(=O)OC(C)(C)C)C1. The minimum atomic E-state index is -0.554. The maximum absolute atomic E-state index is 11.7. The Balaban J connectivity index is 2.35. The second-order valence-corrected chi connectivity index (χ2v) is 6.36. The molecular weight excluding hydrogens is 246 g/mol. The van der Waals surface area contributed by atoms with Crippen LogP contribution in [-0.2, 0) is 14.3 Å². The van der Waals surface area contributed by atoms with Gasteiger partial charge in [-0.25, -0.2) is 4.79 Å². The van der Waals surface area contributed by atoms with Gasteiger partial charge in [0.15, 0.2) is 0 Å². The number of hydrogen-bond donors (Lipinski definition) is 0. The van der Waals surface area contributed by atoms with Crippen LogP contribution >= 0.6 is 0 Å². The molecule has 1 rings (SSSR count). The Kier molecular flexibility index (Phi) is 4.82. The van der Waals surface area contributed by atoms with Crippen LogP contribution in [0.2, 0.25) is 0 Å². The molecule has 5 nitrogen and oxygen atoms in total. The Labute approximate surface area is 115 Å². The number of rotatable bonds is 4. The molecular formula is C14H25NO4. The molecule has 1 saturated heterocycles. The van der Waals surface area contributed by atoms with Crippen molar-refractivity contribution in [1.29, 1.82) is 0 Å². The molecule has 0 atom stereocenters. The highest BCUT2D eigenvalue weighted by molar-refractivity contribution is 5.72. The molecule has 0 aromatic rings. The number of carbonyl (C=O) groups is 2. The summed E-state index contributed by atoms with van der Waals surface area (Å²) in [5, 5.41) is 0. The van der Waals surface area contributed by atoms with Crippen molar-refractivity contribution >= 4 is 12.1 Å². The number of nitrogens with zero attached hydrogens (tertiary/aromatic N) is 1. The lowest BCUT2D eigenvalue weighted by molar-refractivity contribution is -0.174. The summed E-state index contributed by atoms with van der Waals surface area (Å²) in [6.07, 6.45) is 1.90. The summed E-state index contributed by atoms with van der Waals surface area (Å²) in [7, 11) is 0. The minimum Gasteiger partial charge on any atom is -0.456 e. The summed E-state index contributed by atoms with van der Waals surface area (Å²) < 4.78 is 10.6. The quantitative estimate of drug-likeness (QED) is 0.738. The molecule has 1 amide bonds. The second kappa shape index (κ2) is 5.80. The molecule has 1 fully saturated rings. The van der Waals surface area contributed by atoms with Crippen molar-refractivity contribution in [2.45, 2.75) is 65.1 Å². The fourth-order valence-corrected chi connectivity index (χ4v) is 1.93. The van der Waals surface area contributed by atoms with E-state index in [-0.39, 0.29) is 12.1 Å². The molecule has 0 unspecified atom stereocenters. The summed E-state index contributed by atoms with van der Waals surface area (Å²) in [5.41, 5.74) is -1.05. The minimum absolute atomic E-state index is 0.187. The van der Waals surface area contributed by atoms with Crippen LogP contribution in [0.3, 0.4) is 0 Å². The third-order valence-electron chi connectivity index (χ3n) is 2.80. The Bertz CT molecular complexity index is 340. The van der Waals surface area contributed by atoms with Crippen molar-refractivity contribution in [3.05, 3.63) is 0 Å². The number of carbonyl (C=O) groups excluding carboxylic acids is 2. The number of esters is 1. The molecule has 0 aromatic heterocycles. The Morgan fingerprint density at radius 1 is 1.26 bits per heavy atom. The predicted molar refractivity (Wildman–Crippen MR) is 71.8 cm³/mol. The molecule has 0 radical (unpaired) electrons. The summed E-state index contributed by atoms with van der Waals surface area (Å²) in [6.45, 7) is 10.2. The van der Waals surface area contributed by atoms with Crippen molar-refractivity contribution in [1.82, 2.24) is 4.90 Å². The van der Waals surface area contributed by atoms with Gasteiger partial charge in [0.05, 0.1) is 13.1 Å². The van der Waals surface area contributed by atoms with Crippen LogP contribution in [0, 0.1) is 0 Å². The number of ether oxygens (including phenoxy) is 2. The Morgan fingerprint density at radius 3 is 2.32 bits per heavy atom. The van der Waals surface area contributed by atoms with Crippen molar-refractivity contribution in [3.63, 3.8) is 0 Å². The van der Waals surface area contributed by atoms with Crippen LogP contribution in [-0.4, -0.2) is 41.3 Å². The van der Waals surface area contributed by atoms with E-state index in [0.717, 1.165) is 12.8 Å². The molecule has 19 heavy (non-hydrogen) atoms. The average Bonchev–Trinajstić information content (AvgIpc) is 2.20. The highest BCUT2D eigenvalue weighted by Gasteiger charge is 2.45. The summed E-state index contributed by atoms with van der Waals surface area (Å²) in [5.74, 6) is -0.187. The molecule has 0 saturated carbocycles. The summed E-state index contributed by atoms with van der Waals surface area (Å²) >= 11 is 0. The van der Waals surface area contributed by atoms with Gasteiger partial charge >= 0.3 is 12.1 Å². The van der Waals surface area contributed by atoms with Gasteiger partial charge in [-0.2, -0.15) is 0 Å². The normalized spacial score (nSPS) is 17.6. The van der Waals surface area contributed by atoms with Crippen molar-refractivity contribution in [2.75, 3.05) is 13.1 Å². The van der Waals surface area contributed by atoms with Gasteiger partial charge in [0.2, 0.25) is 0 Å². The van der Waals surface area contributed by atoms with E-state index in [1.807, 2.05) is 34.6 Å². The highest BCUT2D eigenvalue weighted by atomic mass is 16.6. The molecule has 110 valence electrons. The largest absolute Gasteiger partial charge is 0.456 e. The first-order valence-corrected chi connectivity index (χ1v) is 6.85. The third-order valence-corrected chi connectivity index (χ3v) is 2.80. The van der Waals surface area contributed by atoms with Gasteiger partial charge in [-0.1, -0.05) is 13.3 Å². The van der Waals surface area contributed by atoms with Gasteiger partial charge in [-0.15, -0.1) is 0 Å². The standard InChI is InChI=1S/C14H25NO4/c1-6-7-8-11(16)18-14(5)9-15(10-14)12(17)19-13(2,3)4/h6-10H2,1-5H3. The van der Waals surface area contributed by atoms with Gasteiger partial charge in [-0.05, 0) is 34.1 Å². The highest BCUT2D eigenvalue weighted by Crippen LogP contribution is 2.27. The van der Waals surface area contributed by atoms with E-state index in [1.165, 1.54) is 0 Å². The first-order chi connectivity index (χ1) is 8.65. The number of amides is 1. The number of likely N-dealkylation sites (tertiary alicyclic amines) is 1. The lowest BCUT2D eigenvalue weighted by Crippen LogP contribution is -2.64. The maximum atomic E-state index is 11.7. The topological polar surface area (TPSA) is 55.8 Å². The van der Waals surface area contributed by atoms with Gasteiger partial charge in [0, 0.05) is 6.42 Å². The van der Waals surface area contributed by atoms with E-state index < -0.39 is 11.2 Å². The second-order valence-electron chi connectivity index (χ2n) is 6.36. The molecule has 0 aliphatic carbocycles. The molecule has 5 heteroatoms. The molecule has 0 spiro atoms. The number of unbranched alkanes of at least 4 members (excludes halogenated alkanes) is 1. The van der Waals surface area contributed by atoms with E-state index in [0.29, 0.717) is 19.5 Å². The smallest absolute Gasteiger partial charge is 0.410 e. The monoisotopic (exact) mass is 271 g/mol. The lowest BCUT2D eigenvalue weighted by Gasteiger charge is -2.46. The molecule has 0 aromatic carbocycles. The third kappa shape index (κ3) is 5.09. The molecule has 1 aliphatic heterocycles. The van der Waals surface area contributed by atoms with Crippen LogP contribution in [0.5, 0.6) is 0 Å². The van der Waals surface area contributed by atoms with Crippen LogP contribution < -0.4 is 0 Å². The zero-order valence-corrected chi connectivity index (χ0v) is 12.6. The number of hydrogen-bond acceptors (Lipinski definition) is 4. The first-order valence-electron chi connectivity index (χ1n) is 6.85. The zero-order valence-electron chi connectivity index (χ0n) is 12.6. The van der Waals surface area contributed by atoms with Crippen molar-refractivity contribution < 1.29 is 19.1 Å². The summed E-state index contributed by atoms with van der Waals surface area (Å²) in [4.78, 5) is 24.9. The van der Waals surface area contributed by atoms with Crippen LogP contribution in [0.25, 0.3) is 0 Å². The molecule has 1 aliphatic rings. The van der Waals surface area contributed by atoms with E-state index >= 15 is 0 Å². The Morgan fingerprint density at radius 2 is 1.84 bits per heavy atom. The van der Waals surface area contributed by atoms with Crippen LogP contribution in [0.1, 0.15) is 53.9 Å². The van der Waals surface area contributed by atoms with E-state index in [2.05, 4.69) is 0 Å². The van der Waals surface area contributed by atoms with Crippen molar-refractivity contribution in [2.24, 2.45) is 0 Å². The average molecular weight is 271 g/mol. The van der Waals surface area contributed by atoms with E-state index in [1.54, 1.807) is 4.90 Å². The fraction of sp³-hybridized carbons (Fsp3) is 0.857. The van der Waals surface area contributed by atoms with Crippen LogP contribution in [0.4, 0.5) is 4.79 Å².